The summed E-state index contributed by atoms with van der Waals surface area (Å²) in [5, 5.41) is 10.6. The van der Waals surface area contributed by atoms with Crippen molar-refractivity contribution in [1.82, 2.24) is 0 Å². The van der Waals surface area contributed by atoms with E-state index in [-0.39, 0.29) is 41.1 Å². The van der Waals surface area contributed by atoms with Crippen LogP contribution in [0.4, 0.5) is 0 Å². The number of para-hydroxylation sites is 1. The van der Waals surface area contributed by atoms with Crippen LogP contribution in [-0.4, -0.2) is 24.3 Å². The molecule has 3 aromatic rings. The Balaban J connectivity index is 2.06. The molecule has 6 heteroatoms. The fourth-order valence-corrected chi connectivity index (χ4v) is 2.31. The summed E-state index contributed by atoms with van der Waals surface area (Å²) in [4.78, 5) is 23.7. The Kier molecular flexibility index (Phi) is 3.89. The van der Waals surface area contributed by atoms with Gasteiger partial charge in [-0.15, -0.1) is 0 Å². The molecule has 23 heavy (non-hydrogen) atoms. The van der Waals surface area contributed by atoms with Gasteiger partial charge < -0.3 is 19.0 Å². The van der Waals surface area contributed by atoms with Gasteiger partial charge in [0.25, 0.3) is 0 Å². The van der Waals surface area contributed by atoms with Gasteiger partial charge >= 0.3 is 5.97 Å². The SMILES string of the molecule is CCOC(=O)COc1cc(O)c2c(=O)c3ccccc3oc2c1. The van der Waals surface area contributed by atoms with E-state index in [1.54, 1.807) is 31.2 Å². The van der Waals surface area contributed by atoms with Crippen molar-refractivity contribution in [2.75, 3.05) is 13.2 Å². The zero-order valence-electron chi connectivity index (χ0n) is 12.4. The van der Waals surface area contributed by atoms with Gasteiger partial charge in [-0.1, -0.05) is 12.1 Å². The highest BCUT2D eigenvalue weighted by Gasteiger charge is 2.14. The molecule has 0 saturated carbocycles. The molecule has 0 atom stereocenters. The second kappa shape index (κ2) is 6.00. The van der Waals surface area contributed by atoms with Gasteiger partial charge in [0.2, 0.25) is 5.43 Å². The van der Waals surface area contributed by atoms with Gasteiger partial charge in [0.15, 0.2) is 6.61 Å². The predicted molar refractivity (Wildman–Crippen MR) is 83.8 cm³/mol. The number of carbonyl (C=O) groups excluding carboxylic acids is 1. The molecule has 0 saturated heterocycles. The monoisotopic (exact) mass is 314 g/mol. The topological polar surface area (TPSA) is 86.0 Å². The Labute approximate surface area is 130 Å². The van der Waals surface area contributed by atoms with Crippen molar-refractivity contribution >= 4 is 27.9 Å². The van der Waals surface area contributed by atoms with E-state index in [0.717, 1.165) is 0 Å². The van der Waals surface area contributed by atoms with Crippen molar-refractivity contribution in [1.29, 1.82) is 0 Å². The summed E-state index contributed by atoms with van der Waals surface area (Å²) in [6.45, 7) is 1.65. The summed E-state index contributed by atoms with van der Waals surface area (Å²) in [6, 6.07) is 9.50. The van der Waals surface area contributed by atoms with E-state index in [2.05, 4.69) is 0 Å². The van der Waals surface area contributed by atoms with Crippen molar-refractivity contribution in [3.63, 3.8) is 0 Å². The molecule has 118 valence electrons. The van der Waals surface area contributed by atoms with Gasteiger partial charge in [0, 0.05) is 12.1 Å². The van der Waals surface area contributed by atoms with Crippen molar-refractivity contribution in [2.24, 2.45) is 0 Å². The number of hydrogen-bond acceptors (Lipinski definition) is 6. The molecule has 0 spiro atoms. The Morgan fingerprint density at radius 2 is 2.00 bits per heavy atom. The van der Waals surface area contributed by atoms with E-state index < -0.39 is 5.97 Å². The van der Waals surface area contributed by atoms with Gasteiger partial charge in [0.05, 0.1) is 12.0 Å². The third kappa shape index (κ3) is 2.83. The number of benzene rings is 2. The molecule has 0 aliphatic rings. The summed E-state index contributed by atoms with van der Waals surface area (Å²) in [5.74, 6) is -0.575. The Morgan fingerprint density at radius 3 is 2.78 bits per heavy atom. The van der Waals surface area contributed by atoms with Gasteiger partial charge in [-0.25, -0.2) is 4.79 Å². The highest BCUT2D eigenvalue weighted by Crippen LogP contribution is 2.30. The fourth-order valence-electron chi connectivity index (χ4n) is 2.31. The van der Waals surface area contributed by atoms with Crippen LogP contribution in [0.15, 0.2) is 45.6 Å². The molecule has 1 N–H and O–H groups in total. The van der Waals surface area contributed by atoms with Crippen molar-refractivity contribution < 1.29 is 23.8 Å². The van der Waals surface area contributed by atoms with Gasteiger partial charge in [-0.2, -0.15) is 0 Å². The first-order valence-corrected chi connectivity index (χ1v) is 7.07. The number of ether oxygens (including phenoxy) is 2. The van der Waals surface area contributed by atoms with Crippen LogP contribution in [0.5, 0.6) is 11.5 Å². The van der Waals surface area contributed by atoms with Crippen LogP contribution < -0.4 is 10.2 Å². The third-order valence-corrected chi connectivity index (χ3v) is 3.30. The lowest BCUT2D eigenvalue weighted by Crippen LogP contribution is -2.14. The van der Waals surface area contributed by atoms with Crippen LogP contribution in [0.3, 0.4) is 0 Å². The number of fused-ring (bicyclic) bond motifs is 2. The molecule has 3 rings (SSSR count). The smallest absolute Gasteiger partial charge is 0.344 e. The molecular weight excluding hydrogens is 300 g/mol. The van der Waals surface area contributed by atoms with Crippen molar-refractivity contribution in [2.45, 2.75) is 6.92 Å². The summed E-state index contributed by atoms with van der Waals surface area (Å²) in [7, 11) is 0. The molecule has 0 fully saturated rings. The van der Waals surface area contributed by atoms with Gasteiger partial charge in [-0.3, -0.25) is 4.79 Å². The first-order valence-electron chi connectivity index (χ1n) is 7.07. The maximum absolute atomic E-state index is 12.4. The Bertz CT molecular complexity index is 941. The standard InChI is InChI=1S/C17H14O6/c1-2-21-15(19)9-22-10-7-12(18)16-14(8-10)23-13-6-4-3-5-11(13)17(16)20/h3-8,18H,2,9H2,1H3. The lowest BCUT2D eigenvalue weighted by Gasteiger charge is -2.08. The van der Waals surface area contributed by atoms with E-state index in [0.29, 0.717) is 11.0 Å². The quantitative estimate of drug-likeness (QED) is 0.588. The maximum Gasteiger partial charge on any atom is 0.344 e. The van der Waals surface area contributed by atoms with Gasteiger partial charge in [-0.05, 0) is 19.1 Å². The minimum atomic E-state index is -0.521. The number of phenols is 1. The van der Waals surface area contributed by atoms with E-state index in [1.165, 1.54) is 12.1 Å². The van der Waals surface area contributed by atoms with Crippen LogP contribution in [0.2, 0.25) is 0 Å². The molecule has 0 unspecified atom stereocenters. The Morgan fingerprint density at radius 1 is 1.22 bits per heavy atom. The summed E-state index contributed by atoms with van der Waals surface area (Å²) >= 11 is 0. The largest absolute Gasteiger partial charge is 0.507 e. The molecule has 0 bridgehead atoms. The number of aromatic hydroxyl groups is 1. The highest BCUT2D eigenvalue weighted by atomic mass is 16.6. The molecule has 2 aromatic carbocycles. The number of carbonyl (C=O) groups is 1. The van der Waals surface area contributed by atoms with Crippen LogP contribution in [0.1, 0.15) is 6.92 Å². The molecule has 0 aliphatic heterocycles. The minimum Gasteiger partial charge on any atom is -0.507 e. The zero-order chi connectivity index (χ0) is 16.4. The van der Waals surface area contributed by atoms with Crippen LogP contribution in [-0.2, 0) is 9.53 Å². The number of esters is 1. The maximum atomic E-state index is 12.4. The van der Waals surface area contributed by atoms with E-state index in [9.17, 15) is 14.7 Å². The molecule has 0 amide bonds. The molecule has 6 nitrogen and oxygen atoms in total. The molecule has 1 aromatic heterocycles. The summed E-state index contributed by atoms with van der Waals surface area (Å²) in [6.07, 6.45) is 0. The lowest BCUT2D eigenvalue weighted by molar-refractivity contribution is -0.145. The van der Waals surface area contributed by atoms with Crippen LogP contribution >= 0.6 is 0 Å². The second-order valence-electron chi connectivity index (χ2n) is 4.84. The first-order chi connectivity index (χ1) is 11.1. The predicted octanol–water partition coefficient (Wildman–Crippen LogP) is 2.59. The van der Waals surface area contributed by atoms with E-state index in [1.807, 2.05) is 0 Å². The molecule has 1 heterocycles. The minimum absolute atomic E-state index is 0.0761. The number of hydrogen-bond donors (Lipinski definition) is 1. The third-order valence-electron chi connectivity index (χ3n) is 3.30. The molecule has 0 radical (unpaired) electrons. The normalized spacial score (nSPS) is 10.8. The van der Waals surface area contributed by atoms with E-state index >= 15 is 0 Å². The second-order valence-corrected chi connectivity index (χ2v) is 4.84. The van der Waals surface area contributed by atoms with Crippen LogP contribution in [0, 0.1) is 0 Å². The molecular formula is C17H14O6. The fraction of sp³-hybridized carbons (Fsp3) is 0.176. The average Bonchev–Trinajstić information content (AvgIpc) is 2.53. The number of rotatable bonds is 4. The van der Waals surface area contributed by atoms with Gasteiger partial charge in [0.1, 0.15) is 28.1 Å². The van der Waals surface area contributed by atoms with Crippen LogP contribution in [0.25, 0.3) is 21.9 Å². The zero-order valence-corrected chi connectivity index (χ0v) is 12.4. The Hall–Kier alpha value is -3.02. The first kappa shape index (κ1) is 14.9. The van der Waals surface area contributed by atoms with Crippen molar-refractivity contribution in [3.05, 3.63) is 46.6 Å². The molecule has 0 aliphatic carbocycles. The summed E-state index contributed by atoms with van der Waals surface area (Å²) in [5.41, 5.74) is 0.274. The number of phenolic OH excluding ortho intramolecular Hbond substituents is 1. The average molecular weight is 314 g/mol. The summed E-state index contributed by atoms with van der Waals surface area (Å²) < 4.78 is 15.7. The highest BCUT2D eigenvalue weighted by molar-refractivity contribution is 5.93. The van der Waals surface area contributed by atoms with Crippen molar-refractivity contribution in [3.8, 4) is 11.5 Å². The lowest BCUT2D eigenvalue weighted by atomic mass is 10.1. The van der Waals surface area contributed by atoms with E-state index in [4.69, 9.17) is 13.9 Å².